The summed E-state index contributed by atoms with van der Waals surface area (Å²) >= 11 is 12.2. The Balaban J connectivity index is 0.000000872. The van der Waals surface area contributed by atoms with Crippen LogP contribution in [-0.4, -0.2) is 103 Å². The number of anilines is 2. The molecule has 5 N–H and O–H groups in total. The lowest BCUT2D eigenvalue weighted by molar-refractivity contribution is -0.192. The Morgan fingerprint density at radius 1 is 1.06 bits per heavy atom. The van der Waals surface area contributed by atoms with E-state index in [4.69, 9.17) is 33.1 Å². The maximum atomic E-state index is 13.4. The van der Waals surface area contributed by atoms with Crippen molar-refractivity contribution in [2.24, 2.45) is 0 Å². The first-order chi connectivity index (χ1) is 23.4. The van der Waals surface area contributed by atoms with Gasteiger partial charge >= 0.3 is 12.1 Å². The van der Waals surface area contributed by atoms with E-state index in [-0.39, 0.29) is 50.9 Å². The van der Waals surface area contributed by atoms with E-state index in [2.05, 4.69) is 26.1 Å². The second-order valence-corrected chi connectivity index (χ2v) is 13.6. The lowest BCUT2D eigenvalue weighted by Crippen LogP contribution is -2.49. The number of likely N-dealkylation sites (N-methyl/N-ethyl adjacent to an activating group) is 1. The minimum absolute atomic E-state index is 0.00861. The number of carboxylic acid groups (broad SMARTS) is 1. The standard InChI is InChI=1S/C28H31Cl2N7O5S.C2HF3O2/c1-36(2)14-5-9-24(38)32-18-10-12-20(13-11-18)43(41,42)37-15-4-6-19(17-37)33-28(40)26-23(16-31-35-26)34-27(39)25-21(29)7-3-8-22(25)30;3-2(4,5)1(6)7/h3,5,7-13,16,19H,4,6,14-15,17H2,1-2H3,(H,31,35)(H,32,38)(H,33,40)(H,34,39);(H,6,7)/b9-5+;/t19-;/m1./s1. The Morgan fingerprint density at radius 2 is 1.68 bits per heavy atom. The molecule has 0 spiro atoms. The Labute approximate surface area is 294 Å². The number of aromatic nitrogens is 2. The van der Waals surface area contributed by atoms with Gasteiger partial charge in [0.2, 0.25) is 15.9 Å². The maximum Gasteiger partial charge on any atom is 0.490 e. The number of H-pyrrole nitrogens is 1. The molecule has 0 saturated carbocycles. The number of hydrogen-bond acceptors (Lipinski definition) is 8. The highest BCUT2D eigenvalue weighted by atomic mass is 35.5. The molecule has 270 valence electrons. The first kappa shape index (κ1) is 39.9. The van der Waals surface area contributed by atoms with Gasteiger partial charge in [0.15, 0.2) is 0 Å². The van der Waals surface area contributed by atoms with Gasteiger partial charge in [-0.2, -0.15) is 22.6 Å². The summed E-state index contributed by atoms with van der Waals surface area (Å²) in [6.45, 7) is 0.947. The fourth-order valence-corrected chi connectivity index (χ4v) is 6.50. The van der Waals surface area contributed by atoms with E-state index in [0.717, 1.165) is 0 Å². The fraction of sp³-hybridized carbons (Fsp3) is 0.300. The van der Waals surface area contributed by atoms with E-state index in [0.29, 0.717) is 25.1 Å². The summed E-state index contributed by atoms with van der Waals surface area (Å²) in [5.74, 6) is -4.26. The fourth-order valence-electron chi connectivity index (χ4n) is 4.40. The molecule has 2 aromatic carbocycles. The summed E-state index contributed by atoms with van der Waals surface area (Å²) < 4.78 is 59.8. The zero-order chi connectivity index (χ0) is 37.2. The summed E-state index contributed by atoms with van der Waals surface area (Å²) in [7, 11) is -0.0952. The van der Waals surface area contributed by atoms with Crippen molar-refractivity contribution in [2.45, 2.75) is 30.0 Å². The van der Waals surface area contributed by atoms with Gasteiger partial charge in [0.1, 0.15) is 5.69 Å². The average Bonchev–Trinajstić information content (AvgIpc) is 3.49. The van der Waals surface area contributed by atoms with Gasteiger partial charge in [-0.25, -0.2) is 13.2 Å². The van der Waals surface area contributed by atoms with Gasteiger partial charge < -0.3 is 26.0 Å². The van der Waals surface area contributed by atoms with E-state index >= 15 is 0 Å². The van der Waals surface area contributed by atoms with Gasteiger partial charge in [-0.1, -0.05) is 35.3 Å². The molecule has 3 aromatic rings. The summed E-state index contributed by atoms with van der Waals surface area (Å²) in [6, 6.07) is 10.1. The molecule has 1 atom stereocenters. The van der Waals surface area contributed by atoms with Gasteiger partial charge in [0, 0.05) is 37.4 Å². The molecule has 1 aromatic heterocycles. The Kier molecular flexibility index (Phi) is 13.9. The van der Waals surface area contributed by atoms with Crippen molar-refractivity contribution in [3.8, 4) is 0 Å². The molecular formula is C30H32Cl2F3N7O7S. The maximum absolute atomic E-state index is 13.4. The molecule has 20 heteroatoms. The lowest BCUT2D eigenvalue weighted by Gasteiger charge is -2.32. The van der Waals surface area contributed by atoms with Gasteiger partial charge in [0.05, 0.1) is 32.4 Å². The van der Waals surface area contributed by atoms with Crippen LogP contribution in [0, 0.1) is 0 Å². The second-order valence-electron chi connectivity index (χ2n) is 10.9. The number of carbonyl (C=O) groups is 4. The van der Waals surface area contributed by atoms with Crippen LogP contribution in [0.5, 0.6) is 0 Å². The molecular weight excluding hydrogens is 730 g/mol. The number of halogens is 5. The zero-order valence-corrected chi connectivity index (χ0v) is 28.8. The Hall–Kier alpha value is -4.49. The topological polar surface area (TPSA) is 194 Å². The van der Waals surface area contributed by atoms with Crippen molar-refractivity contribution >= 4 is 68.3 Å². The quantitative estimate of drug-likeness (QED) is 0.188. The van der Waals surface area contributed by atoms with Crippen LogP contribution in [0.15, 0.2) is 65.7 Å². The molecule has 1 aliphatic rings. The van der Waals surface area contributed by atoms with Crippen molar-refractivity contribution < 1.29 is 45.9 Å². The predicted octanol–water partition coefficient (Wildman–Crippen LogP) is 4.24. The molecule has 0 bridgehead atoms. The first-order valence-corrected chi connectivity index (χ1v) is 16.7. The van der Waals surface area contributed by atoms with Gasteiger partial charge in [0.25, 0.3) is 11.8 Å². The van der Waals surface area contributed by atoms with Crippen molar-refractivity contribution in [3.05, 3.63) is 82.1 Å². The molecule has 1 fully saturated rings. The number of carbonyl (C=O) groups excluding carboxylic acids is 3. The number of hydrogen-bond donors (Lipinski definition) is 5. The third-order valence-corrected chi connectivity index (χ3v) is 9.27. The molecule has 14 nitrogen and oxygen atoms in total. The number of piperidine rings is 1. The number of rotatable bonds is 10. The molecule has 0 aliphatic carbocycles. The highest BCUT2D eigenvalue weighted by Crippen LogP contribution is 2.26. The van der Waals surface area contributed by atoms with E-state index in [1.807, 2.05) is 19.0 Å². The number of sulfonamides is 1. The third-order valence-electron chi connectivity index (χ3n) is 6.77. The molecule has 1 saturated heterocycles. The van der Waals surface area contributed by atoms with Crippen LogP contribution in [0.25, 0.3) is 0 Å². The van der Waals surface area contributed by atoms with Gasteiger partial charge in [-0.3, -0.25) is 19.5 Å². The normalized spacial score (nSPS) is 15.2. The highest BCUT2D eigenvalue weighted by molar-refractivity contribution is 7.89. The number of aromatic amines is 1. The second kappa shape index (κ2) is 17.4. The van der Waals surface area contributed by atoms with E-state index in [1.54, 1.807) is 12.1 Å². The SMILES string of the molecule is CN(C)C/C=C/C(=O)Nc1ccc(S(=O)(=O)N2CCC[C@@H](NC(=O)c3[nH]ncc3NC(=O)c3c(Cl)cccc3Cl)C2)cc1.O=C(O)C(F)(F)F. The number of nitrogens with one attached hydrogen (secondary N) is 4. The summed E-state index contributed by atoms with van der Waals surface area (Å²) in [5.41, 5.74) is 0.616. The zero-order valence-electron chi connectivity index (χ0n) is 26.4. The van der Waals surface area contributed by atoms with Crippen molar-refractivity contribution in [1.29, 1.82) is 0 Å². The Morgan fingerprint density at radius 3 is 2.26 bits per heavy atom. The van der Waals surface area contributed by atoms with Crippen LogP contribution in [0.2, 0.25) is 10.0 Å². The van der Waals surface area contributed by atoms with Crippen molar-refractivity contribution in [3.63, 3.8) is 0 Å². The van der Waals surface area contributed by atoms with Crippen LogP contribution in [0.1, 0.15) is 33.7 Å². The summed E-state index contributed by atoms with van der Waals surface area (Å²) in [6.07, 6.45) is 0.410. The molecule has 0 radical (unpaired) electrons. The molecule has 0 unspecified atom stereocenters. The monoisotopic (exact) mass is 761 g/mol. The molecule has 4 rings (SSSR count). The lowest BCUT2D eigenvalue weighted by atomic mass is 10.1. The highest BCUT2D eigenvalue weighted by Gasteiger charge is 2.38. The minimum atomic E-state index is -5.08. The Bertz CT molecular complexity index is 1820. The van der Waals surface area contributed by atoms with Crippen molar-refractivity contribution in [1.82, 2.24) is 24.7 Å². The van der Waals surface area contributed by atoms with Crippen LogP contribution in [-0.2, 0) is 19.6 Å². The number of benzene rings is 2. The van der Waals surface area contributed by atoms with Gasteiger partial charge in [-0.15, -0.1) is 0 Å². The third kappa shape index (κ3) is 11.3. The van der Waals surface area contributed by atoms with Gasteiger partial charge in [-0.05, 0) is 63.3 Å². The summed E-state index contributed by atoms with van der Waals surface area (Å²) in [5, 5.41) is 22.0. The molecule has 2 heterocycles. The van der Waals surface area contributed by atoms with Crippen LogP contribution in [0.3, 0.4) is 0 Å². The van der Waals surface area contributed by atoms with E-state index in [1.165, 1.54) is 53.0 Å². The van der Waals surface area contributed by atoms with Crippen LogP contribution >= 0.6 is 23.2 Å². The number of amides is 3. The van der Waals surface area contributed by atoms with E-state index in [9.17, 15) is 36.0 Å². The smallest absolute Gasteiger partial charge is 0.475 e. The average molecular weight is 763 g/mol. The molecule has 3 amide bonds. The number of nitrogens with zero attached hydrogens (tertiary/aromatic N) is 3. The van der Waals surface area contributed by atoms with Crippen LogP contribution in [0.4, 0.5) is 24.5 Å². The first-order valence-electron chi connectivity index (χ1n) is 14.5. The molecule has 50 heavy (non-hydrogen) atoms. The number of aliphatic carboxylic acids is 1. The number of alkyl halides is 3. The van der Waals surface area contributed by atoms with E-state index < -0.39 is 40.0 Å². The summed E-state index contributed by atoms with van der Waals surface area (Å²) in [4.78, 5) is 48.9. The van der Waals surface area contributed by atoms with Crippen LogP contribution < -0.4 is 16.0 Å². The predicted molar refractivity (Wildman–Crippen MR) is 179 cm³/mol. The molecule has 1 aliphatic heterocycles. The van der Waals surface area contributed by atoms with Crippen molar-refractivity contribution in [2.75, 3.05) is 44.4 Å². The largest absolute Gasteiger partial charge is 0.490 e. The minimum Gasteiger partial charge on any atom is -0.475 e. The number of carboxylic acids is 1.